The number of ether oxygens (including phenoxy) is 1. The summed E-state index contributed by atoms with van der Waals surface area (Å²) in [5.41, 5.74) is 1.53. The zero-order valence-corrected chi connectivity index (χ0v) is 12.3. The topological polar surface area (TPSA) is 52.4 Å². The molecular weight excluding hydrogens is 297 g/mol. The minimum Gasteiger partial charge on any atom is -0.454 e. The van der Waals surface area contributed by atoms with Gasteiger partial charge in [0.05, 0.1) is 10.8 Å². The molecule has 0 bridgehead atoms. The molecule has 0 aliphatic heterocycles. The minimum atomic E-state index is -0.524. The Labute approximate surface area is 126 Å². The van der Waals surface area contributed by atoms with Crippen molar-refractivity contribution in [2.75, 3.05) is 0 Å². The number of nitro benzene ring substituents is 1. The summed E-state index contributed by atoms with van der Waals surface area (Å²) >= 11 is 5.77. The van der Waals surface area contributed by atoms with Gasteiger partial charge in [-0.15, -0.1) is 11.6 Å². The SMILES string of the molecule is Cc1cc([N+](=O)[O-])c(C)cc1Oc1c(F)cccc1CCl. The van der Waals surface area contributed by atoms with E-state index in [1.54, 1.807) is 26.0 Å². The van der Waals surface area contributed by atoms with Crippen molar-refractivity contribution in [1.82, 2.24) is 0 Å². The molecule has 0 saturated carbocycles. The Morgan fingerprint density at radius 3 is 2.62 bits per heavy atom. The number of hydrogen-bond acceptors (Lipinski definition) is 3. The number of alkyl halides is 1. The van der Waals surface area contributed by atoms with Crippen LogP contribution in [0.1, 0.15) is 16.7 Å². The fourth-order valence-electron chi connectivity index (χ4n) is 1.96. The molecule has 0 fully saturated rings. The molecule has 2 aromatic rings. The molecule has 0 aliphatic carbocycles. The second-order valence-electron chi connectivity index (χ2n) is 4.63. The third kappa shape index (κ3) is 3.13. The van der Waals surface area contributed by atoms with Crippen molar-refractivity contribution in [3.63, 3.8) is 0 Å². The molecule has 2 rings (SSSR count). The van der Waals surface area contributed by atoms with Gasteiger partial charge in [-0.1, -0.05) is 12.1 Å². The van der Waals surface area contributed by atoms with Crippen molar-refractivity contribution in [3.05, 3.63) is 63.0 Å². The average Bonchev–Trinajstić information content (AvgIpc) is 2.44. The van der Waals surface area contributed by atoms with E-state index in [1.165, 1.54) is 18.2 Å². The summed E-state index contributed by atoms with van der Waals surface area (Å²) in [6.07, 6.45) is 0. The number of nitro groups is 1. The lowest BCUT2D eigenvalue weighted by Crippen LogP contribution is -1.98. The molecule has 0 atom stereocenters. The van der Waals surface area contributed by atoms with Crippen LogP contribution in [-0.2, 0) is 5.88 Å². The summed E-state index contributed by atoms with van der Waals surface area (Å²) in [4.78, 5) is 10.4. The van der Waals surface area contributed by atoms with Crippen LogP contribution in [0.4, 0.5) is 10.1 Å². The Balaban J connectivity index is 2.46. The van der Waals surface area contributed by atoms with Gasteiger partial charge in [0.2, 0.25) is 0 Å². The highest BCUT2D eigenvalue weighted by Gasteiger charge is 2.17. The first-order chi connectivity index (χ1) is 9.93. The first-order valence-electron chi connectivity index (χ1n) is 6.21. The maximum Gasteiger partial charge on any atom is 0.272 e. The molecule has 6 heteroatoms. The van der Waals surface area contributed by atoms with Gasteiger partial charge in [0.1, 0.15) is 5.75 Å². The molecule has 0 heterocycles. The van der Waals surface area contributed by atoms with Gasteiger partial charge in [0, 0.05) is 17.2 Å². The summed E-state index contributed by atoms with van der Waals surface area (Å²) in [7, 11) is 0. The fraction of sp³-hybridized carbons (Fsp3) is 0.200. The predicted octanol–water partition coefficient (Wildman–Crippen LogP) is 4.88. The van der Waals surface area contributed by atoms with Gasteiger partial charge in [-0.05, 0) is 31.5 Å². The van der Waals surface area contributed by atoms with Crippen molar-refractivity contribution in [1.29, 1.82) is 0 Å². The van der Waals surface area contributed by atoms with Crippen molar-refractivity contribution >= 4 is 17.3 Å². The van der Waals surface area contributed by atoms with E-state index in [1.807, 2.05) is 0 Å². The first-order valence-corrected chi connectivity index (χ1v) is 6.74. The van der Waals surface area contributed by atoms with E-state index in [2.05, 4.69) is 0 Å². The van der Waals surface area contributed by atoms with Crippen LogP contribution in [0.3, 0.4) is 0 Å². The second-order valence-corrected chi connectivity index (χ2v) is 4.89. The summed E-state index contributed by atoms with van der Waals surface area (Å²) in [6.45, 7) is 3.28. The molecule has 0 aromatic heterocycles. The quantitative estimate of drug-likeness (QED) is 0.459. The Bertz CT molecular complexity index is 704. The van der Waals surface area contributed by atoms with Crippen LogP contribution in [0.2, 0.25) is 0 Å². The molecular formula is C15H13ClFNO3. The molecule has 0 amide bonds. The van der Waals surface area contributed by atoms with Gasteiger partial charge in [-0.25, -0.2) is 4.39 Å². The number of aryl methyl sites for hydroxylation is 2. The molecule has 0 aliphatic rings. The highest BCUT2D eigenvalue weighted by Crippen LogP contribution is 2.34. The Morgan fingerprint density at radius 1 is 1.29 bits per heavy atom. The third-order valence-electron chi connectivity index (χ3n) is 3.09. The summed E-state index contributed by atoms with van der Waals surface area (Å²) in [5, 5.41) is 10.9. The van der Waals surface area contributed by atoms with E-state index < -0.39 is 10.7 Å². The zero-order valence-electron chi connectivity index (χ0n) is 11.5. The Kier molecular flexibility index (Phi) is 4.43. The number of hydrogen-bond donors (Lipinski definition) is 0. The number of rotatable bonds is 4. The van der Waals surface area contributed by atoms with Gasteiger partial charge >= 0.3 is 0 Å². The van der Waals surface area contributed by atoms with Gasteiger partial charge in [0.15, 0.2) is 11.6 Å². The van der Waals surface area contributed by atoms with Crippen LogP contribution < -0.4 is 4.74 Å². The van der Waals surface area contributed by atoms with Gasteiger partial charge in [-0.2, -0.15) is 0 Å². The largest absolute Gasteiger partial charge is 0.454 e. The van der Waals surface area contributed by atoms with E-state index in [0.29, 0.717) is 22.4 Å². The molecule has 0 spiro atoms. The molecule has 0 N–H and O–H groups in total. The Morgan fingerprint density at radius 2 is 2.00 bits per heavy atom. The maximum absolute atomic E-state index is 13.9. The van der Waals surface area contributed by atoms with Crippen molar-refractivity contribution < 1.29 is 14.1 Å². The van der Waals surface area contributed by atoms with Crippen LogP contribution >= 0.6 is 11.6 Å². The number of nitrogens with zero attached hydrogens (tertiary/aromatic N) is 1. The minimum absolute atomic E-state index is 0.00551. The smallest absolute Gasteiger partial charge is 0.272 e. The highest BCUT2D eigenvalue weighted by molar-refractivity contribution is 6.17. The van der Waals surface area contributed by atoms with E-state index >= 15 is 0 Å². The lowest BCUT2D eigenvalue weighted by Gasteiger charge is -2.13. The van der Waals surface area contributed by atoms with Crippen LogP contribution in [0, 0.1) is 29.8 Å². The molecule has 0 radical (unpaired) electrons. The normalized spacial score (nSPS) is 10.5. The monoisotopic (exact) mass is 309 g/mol. The van der Waals surface area contributed by atoms with Crippen molar-refractivity contribution in [2.45, 2.75) is 19.7 Å². The fourth-order valence-corrected chi connectivity index (χ4v) is 2.17. The predicted molar refractivity (Wildman–Crippen MR) is 78.6 cm³/mol. The van der Waals surface area contributed by atoms with Crippen LogP contribution in [-0.4, -0.2) is 4.92 Å². The summed E-state index contributed by atoms with van der Waals surface area (Å²) in [5.74, 6) is -0.0000513. The number of para-hydroxylation sites is 1. The van der Waals surface area contributed by atoms with Gasteiger partial charge in [-0.3, -0.25) is 10.1 Å². The van der Waals surface area contributed by atoms with E-state index in [-0.39, 0.29) is 17.3 Å². The van der Waals surface area contributed by atoms with Gasteiger partial charge < -0.3 is 4.74 Å². The summed E-state index contributed by atoms with van der Waals surface area (Å²) in [6, 6.07) is 7.43. The lowest BCUT2D eigenvalue weighted by molar-refractivity contribution is -0.385. The van der Waals surface area contributed by atoms with Crippen molar-refractivity contribution in [3.8, 4) is 11.5 Å². The van der Waals surface area contributed by atoms with Gasteiger partial charge in [0.25, 0.3) is 5.69 Å². The number of halogens is 2. The second kappa shape index (κ2) is 6.10. The van der Waals surface area contributed by atoms with E-state index in [9.17, 15) is 14.5 Å². The maximum atomic E-state index is 13.9. The molecule has 4 nitrogen and oxygen atoms in total. The van der Waals surface area contributed by atoms with E-state index in [4.69, 9.17) is 16.3 Å². The average molecular weight is 310 g/mol. The van der Waals surface area contributed by atoms with E-state index in [0.717, 1.165) is 0 Å². The standard InChI is InChI=1S/C15H13ClFNO3/c1-9-7-14(10(2)6-13(9)18(19)20)21-15-11(8-16)4-3-5-12(15)17/h3-7H,8H2,1-2H3. The van der Waals surface area contributed by atoms with Crippen LogP contribution in [0.5, 0.6) is 11.5 Å². The zero-order chi connectivity index (χ0) is 15.6. The third-order valence-corrected chi connectivity index (χ3v) is 3.38. The summed E-state index contributed by atoms with van der Waals surface area (Å²) < 4.78 is 19.5. The molecule has 21 heavy (non-hydrogen) atoms. The van der Waals surface area contributed by atoms with Crippen LogP contribution in [0.25, 0.3) is 0 Å². The first kappa shape index (κ1) is 15.3. The Hall–Kier alpha value is -2.14. The highest BCUT2D eigenvalue weighted by atomic mass is 35.5. The molecule has 0 saturated heterocycles. The van der Waals surface area contributed by atoms with Crippen molar-refractivity contribution in [2.24, 2.45) is 0 Å². The van der Waals surface area contributed by atoms with Crippen LogP contribution in [0.15, 0.2) is 30.3 Å². The number of benzene rings is 2. The lowest BCUT2D eigenvalue weighted by atomic mass is 10.1. The molecule has 110 valence electrons. The molecule has 2 aromatic carbocycles. The molecule has 0 unspecified atom stereocenters.